The standard InChI is InChI=1S/C23H23N3O/c1-16-7-8-22(17(2)11-16)25-21-12-20(13-24-14-21)23(27)26-10-9-18-5-3-4-6-19(18)15-26/h3-8,11-14,25H,9-10,15H2,1-2H3. The fourth-order valence-corrected chi connectivity index (χ4v) is 3.59. The van der Waals surface area contributed by atoms with Crippen LogP contribution in [0.4, 0.5) is 11.4 Å². The maximum absolute atomic E-state index is 13.0. The number of anilines is 2. The molecule has 1 aromatic heterocycles. The van der Waals surface area contributed by atoms with E-state index >= 15 is 0 Å². The second-order valence-electron chi connectivity index (χ2n) is 7.15. The number of nitrogens with one attached hydrogen (secondary N) is 1. The predicted octanol–water partition coefficient (Wildman–Crippen LogP) is 4.64. The molecule has 1 amide bonds. The summed E-state index contributed by atoms with van der Waals surface area (Å²) in [5, 5.41) is 3.38. The molecule has 1 N–H and O–H groups in total. The van der Waals surface area contributed by atoms with Gasteiger partial charge in [0.2, 0.25) is 0 Å². The van der Waals surface area contributed by atoms with Crippen LogP contribution in [0.25, 0.3) is 0 Å². The third-order valence-corrected chi connectivity index (χ3v) is 5.06. The highest BCUT2D eigenvalue weighted by Gasteiger charge is 2.22. The molecular weight excluding hydrogens is 334 g/mol. The van der Waals surface area contributed by atoms with Crippen LogP contribution in [0.3, 0.4) is 0 Å². The van der Waals surface area contributed by atoms with Crippen LogP contribution in [0.5, 0.6) is 0 Å². The van der Waals surface area contributed by atoms with Crippen LogP contribution in [0.2, 0.25) is 0 Å². The summed E-state index contributed by atoms with van der Waals surface area (Å²) < 4.78 is 0. The fraction of sp³-hybridized carbons (Fsp3) is 0.217. The van der Waals surface area contributed by atoms with Crippen LogP contribution in [0.15, 0.2) is 60.9 Å². The number of aryl methyl sites for hydroxylation is 2. The molecule has 0 spiro atoms. The fourth-order valence-electron chi connectivity index (χ4n) is 3.59. The first-order valence-electron chi connectivity index (χ1n) is 9.25. The van der Waals surface area contributed by atoms with Crippen LogP contribution >= 0.6 is 0 Å². The molecular formula is C23H23N3O. The molecule has 0 saturated heterocycles. The van der Waals surface area contributed by atoms with E-state index < -0.39 is 0 Å². The van der Waals surface area contributed by atoms with Gasteiger partial charge in [-0.3, -0.25) is 9.78 Å². The minimum Gasteiger partial charge on any atom is -0.354 e. The van der Waals surface area contributed by atoms with E-state index in [9.17, 15) is 4.79 Å². The molecule has 0 radical (unpaired) electrons. The molecule has 0 fully saturated rings. The number of hydrogen-bond donors (Lipinski definition) is 1. The van der Waals surface area contributed by atoms with E-state index in [0.29, 0.717) is 12.1 Å². The van der Waals surface area contributed by atoms with Gasteiger partial charge in [0.25, 0.3) is 5.91 Å². The molecule has 1 aliphatic heterocycles. The highest BCUT2D eigenvalue weighted by atomic mass is 16.2. The van der Waals surface area contributed by atoms with Crippen LogP contribution in [0, 0.1) is 13.8 Å². The van der Waals surface area contributed by atoms with Crippen LogP contribution in [-0.4, -0.2) is 22.3 Å². The largest absolute Gasteiger partial charge is 0.354 e. The van der Waals surface area contributed by atoms with E-state index in [1.807, 2.05) is 17.0 Å². The van der Waals surface area contributed by atoms with Crippen molar-refractivity contribution >= 4 is 17.3 Å². The second-order valence-corrected chi connectivity index (χ2v) is 7.15. The Balaban J connectivity index is 1.53. The van der Waals surface area contributed by atoms with Gasteiger partial charge in [-0.05, 0) is 49.1 Å². The highest BCUT2D eigenvalue weighted by Crippen LogP contribution is 2.24. The van der Waals surface area contributed by atoms with Gasteiger partial charge in [0.1, 0.15) is 0 Å². The molecule has 3 aromatic rings. The van der Waals surface area contributed by atoms with Crippen molar-refractivity contribution in [3.05, 3.63) is 88.7 Å². The van der Waals surface area contributed by atoms with Gasteiger partial charge in [0.05, 0.1) is 17.4 Å². The summed E-state index contributed by atoms with van der Waals surface area (Å²) in [6.45, 7) is 5.55. The molecule has 2 aromatic carbocycles. The van der Waals surface area contributed by atoms with Crippen molar-refractivity contribution in [2.24, 2.45) is 0 Å². The lowest BCUT2D eigenvalue weighted by molar-refractivity contribution is 0.0734. The second kappa shape index (κ2) is 7.23. The number of carbonyl (C=O) groups excluding carboxylic acids is 1. The third-order valence-electron chi connectivity index (χ3n) is 5.06. The van der Waals surface area contributed by atoms with Crippen molar-refractivity contribution in [2.75, 3.05) is 11.9 Å². The first kappa shape index (κ1) is 17.3. The molecule has 2 heterocycles. The zero-order valence-corrected chi connectivity index (χ0v) is 15.7. The van der Waals surface area contributed by atoms with E-state index in [-0.39, 0.29) is 5.91 Å². The lowest BCUT2D eigenvalue weighted by Crippen LogP contribution is -2.36. The summed E-state index contributed by atoms with van der Waals surface area (Å²) in [6.07, 6.45) is 4.30. The van der Waals surface area contributed by atoms with Crippen molar-refractivity contribution in [3.63, 3.8) is 0 Å². The lowest BCUT2D eigenvalue weighted by atomic mass is 9.99. The van der Waals surface area contributed by atoms with Crippen molar-refractivity contribution < 1.29 is 4.79 Å². The number of rotatable bonds is 3. The number of benzene rings is 2. The SMILES string of the molecule is Cc1ccc(Nc2cncc(C(=O)N3CCc4ccccc4C3)c2)c(C)c1. The molecule has 0 saturated carbocycles. The van der Waals surface area contributed by atoms with Gasteiger partial charge in [-0.15, -0.1) is 0 Å². The van der Waals surface area contributed by atoms with Crippen molar-refractivity contribution in [3.8, 4) is 0 Å². The van der Waals surface area contributed by atoms with E-state index in [2.05, 4.69) is 60.5 Å². The number of fused-ring (bicyclic) bond motifs is 1. The van der Waals surface area contributed by atoms with E-state index in [1.54, 1.807) is 12.4 Å². The van der Waals surface area contributed by atoms with Crippen molar-refractivity contribution in [1.82, 2.24) is 9.88 Å². The predicted molar refractivity (Wildman–Crippen MR) is 108 cm³/mol. The van der Waals surface area contributed by atoms with E-state index in [4.69, 9.17) is 0 Å². The number of nitrogens with zero attached hydrogens (tertiary/aromatic N) is 2. The number of carbonyl (C=O) groups is 1. The zero-order chi connectivity index (χ0) is 18.8. The van der Waals surface area contributed by atoms with Crippen molar-refractivity contribution in [1.29, 1.82) is 0 Å². The lowest BCUT2D eigenvalue weighted by Gasteiger charge is -2.29. The Bertz CT molecular complexity index is 996. The maximum atomic E-state index is 13.0. The molecule has 136 valence electrons. The average Bonchev–Trinajstić information content (AvgIpc) is 2.69. The topological polar surface area (TPSA) is 45.2 Å². The Morgan fingerprint density at radius 1 is 1.04 bits per heavy atom. The minimum absolute atomic E-state index is 0.0290. The van der Waals surface area contributed by atoms with Gasteiger partial charge in [-0.2, -0.15) is 0 Å². The molecule has 4 nitrogen and oxygen atoms in total. The normalized spacial score (nSPS) is 13.2. The first-order valence-corrected chi connectivity index (χ1v) is 9.25. The van der Waals surface area contributed by atoms with Crippen LogP contribution < -0.4 is 5.32 Å². The van der Waals surface area contributed by atoms with Gasteiger partial charge in [0.15, 0.2) is 0 Å². The number of amides is 1. The molecule has 1 aliphatic rings. The molecule has 0 bridgehead atoms. The molecule has 4 heteroatoms. The van der Waals surface area contributed by atoms with Crippen LogP contribution in [0.1, 0.15) is 32.6 Å². The zero-order valence-electron chi connectivity index (χ0n) is 15.7. The molecule has 27 heavy (non-hydrogen) atoms. The maximum Gasteiger partial charge on any atom is 0.255 e. The summed E-state index contributed by atoms with van der Waals surface area (Å²) in [7, 11) is 0. The smallest absolute Gasteiger partial charge is 0.255 e. The Hall–Kier alpha value is -3.14. The van der Waals surface area contributed by atoms with Crippen LogP contribution in [-0.2, 0) is 13.0 Å². The van der Waals surface area contributed by atoms with Gasteiger partial charge < -0.3 is 10.2 Å². The summed E-state index contributed by atoms with van der Waals surface area (Å²) in [5.41, 5.74) is 7.43. The number of pyridine rings is 1. The Labute approximate surface area is 159 Å². The Morgan fingerprint density at radius 3 is 2.67 bits per heavy atom. The van der Waals surface area contributed by atoms with Gasteiger partial charge in [-0.25, -0.2) is 0 Å². The van der Waals surface area contributed by atoms with Gasteiger partial charge >= 0.3 is 0 Å². The monoisotopic (exact) mass is 357 g/mol. The van der Waals surface area contributed by atoms with E-state index in [0.717, 1.165) is 24.3 Å². The minimum atomic E-state index is 0.0290. The average molecular weight is 357 g/mol. The Kier molecular flexibility index (Phi) is 4.63. The van der Waals surface area contributed by atoms with Crippen molar-refractivity contribution in [2.45, 2.75) is 26.8 Å². The number of hydrogen-bond acceptors (Lipinski definition) is 3. The summed E-state index contributed by atoms with van der Waals surface area (Å²) >= 11 is 0. The summed E-state index contributed by atoms with van der Waals surface area (Å²) in [4.78, 5) is 19.2. The quantitative estimate of drug-likeness (QED) is 0.743. The molecule has 4 rings (SSSR count). The number of aromatic nitrogens is 1. The third kappa shape index (κ3) is 3.70. The Morgan fingerprint density at radius 2 is 1.85 bits per heavy atom. The first-order chi connectivity index (χ1) is 13.1. The summed E-state index contributed by atoms with van der Waals surface area (Å²) in [6, 6.07) is 16.5. The molecule has 0 atom stereocenters. The van der Waals surface area contributed by atoms with E-state index in [1.165, 1.54) is 22.3 Å². The molecule has 0 unspecified atom stereocenters. The summed E-state index contributed by atoms with van der Waals surface area (Å²) in [5.74, 6) is 0.0290. The van der Waals surface area contributed by atoms with Gasteiger partial charge in [-0.1, -0.05) is 42.0 Å². The highest BCUT2D eigenvalue weighted by molar-refractivity contribution is 5.95. The molecule has 0 aliphatic carbocycles. The van der Waals surface area contributed by atoms with Gasteiger partial charge in [0, 0.05) is 25.0 Å².